The largest absolute Gasteiger partial charge is 0.445 e. The van der Waals surface area contributed by atoms with Gasteiger partial charge in [-0.2, -0.15) is 0 Å². The van der Waals surface area contributed by atoms with Crippen molar-refractivity contribution in [3.63, 3.8) is 0 Å². The number of carbonyl (C=O) groups is 2. The minimum Gasteiger partial charge on any atom is -0.445 e. The highest BCUT2D eigenvalue weighted by Crippen LogP contribution is 2.32. The van der Waals surface area contributed by atoms with Gasteiger partial charge in [0.25, 0.3) is 0 Å². The van der Waals surface area contributed by atoms with E-state index in [9.17, 15) is 14.4 Å². The Morgan fingerprint density at radius 1 is 1.06 bits per heavy atom. The lowest BCUT2D eigenvalue weighted by Crippen LogP contribution is -2.43. The maximum Gasteiger partial charge on any atom is 0.408 e. The van der Waals surface area contributed by atoms with Gasteiger partial charge in [-0.05, 0) is 36.5 Å². The van der Waals surface area contributed by atoms with Crippen LogP contribution < -0.4 is 15.7 Å². The number of unbranched alkanes of at least 4 members (excludes halogenated alkanes) is 2. The first-order valence-electron chi connectivity index (χ1n) is 11.9. The fraction of sp³-hybridized carbons (Fsp3) is 0.370. The molecule has 1 N–H and O–H groups in total. The number of amides is 1. The summed E-state index contributed by atoms with van der Waals surface area (Å²) in [6, 6.07) is 12.9. The maximum absolute atomic E-state index is 12.9. The van der Waals surface area contributed by atoms with Gasteiger partial charge in [0.15, 0.2) is 5.75 Å². The van der Waals surface area contributed by atoms with Crippen LogP contribution in [0.15, 0.2) is 57.7 Å². The van der Waals surface area contributed by atoms with Gasteiger partial charge in [0, 0.05) is 17.5 Å². The molecule has 0 aliphatic heterocycles. The normalized spacial score (nSPS) is 11.7. The molecule has 0 radical (unpaired) electrons. The summed E-state index contributed by atoms with van der Waals surface area (Å²) in [4.78, 5) is 37.3. The summed E-state index contributed by atoms with van der Waals surface area (Å²) < 4.78 is 16.1. The predicted octanol–water partition coefficient (Wildman–Crippen LogP) is 6.18. The van der Waals surface area contributed by atoms with Gasteiger partial charge in [-0.3, -0.25) is 0 Å². The number of rotatable bonds is 11. The Hall–Kier alpha value is -3.32. The van der Waals surface area contributed by atoms with E-state index in [1.807, 2.05) is 37.3 Å². The number of hydrogen-bond donors (Lipinski definition) is 1. The number of carbonyl (C=O) groups excluding carboxylic acids is 2. The topological polar surface area (TPSA) is 94.8 Å². The minimum absolute atomic E-state index is 0.0564. The van der Waals surface area contributed by atoms with Crippen LogP contribution in [0.5, 0.6) is 5.75 Å². The Morgan fingerprint density at radius 2 is 1.80 bits per heavy atom. The summed E-state index contributed by atoms with van der Waals surface area (Å²) in [5.74, 6) is -0.623. The molecule has 1 heterocycles. The van der Waals surface area contributed by atoms with Gasteiger partial charge in [-0.15, -0.1) is 0 Å². The molecule has 8 heteroatoms. The number of alkyl carbamates (subject to hydrolysis) is 1. The third-order valence-electron chi connectivity index (χ3n) is 5.53. The molecule has 1 atom stereocenters. The van der Waals surface area contributed by atoms with Gasteiger partial charge in [0.05, 0.1) is 5.02 Å². The quantitative estimate of drug-likeness (QED) is 0.192. The molecule has 0 unspecified atom stereocenters. The molecular weight excluding hydrogens is 470 g/mol. The molecule has 3 aromatic rings. The molecule has 0 bridgehead atoms. The van der Waals surface area contributed by atoms with Crippen molar-refractivity contribution in [1.29, 1.82) is 0 Å². The zero-order chi connectivity index (χ0) is 25.2. The van der Waals surface area contributed by atoms with E-state index in [0.717, 1.165) is 30.4 Å². The van der Waals surface area contributed by atoms with Crippen molar-refractivity contribution in [1.82, 2.24) is 5.32 Å². The average molecular weight is 500 g/mol. The molecule has 0 aliphatic carbocycles. The van der Waals surface area contributed by atoms with Crippen LogP contribution in [-0.2, 0) is 22.6 Å². The monoisotopic (exact) mass is 499 g/mol. The van der Waals surface area contributed by atoms with Crippen LogP contribution in [0.1, 0.15) is 57.1 Å². The summed E-state index contributed by atoms with van der Waals surface area (Å²) in [7, 11) is 0. The van der Waals surface area contributed by atoms with Crippen molar-refractivity contribution in [3.8, 4) is 5.75 Å². The SMILES string of the molecule is CCCCc1cc(=O)oc2cc(OC(=O)[C@H](CCCC)NC(=O)OCc3ccccc3)c(Cl)cc12. The van der Waals surface area contributed by atoms with Gasteiger partial charge in [0.1, 0.15) is 18.2 Å². The zero-order valence-electron chi connectivity index (χ0n) is 20.0. The van der Waals surface area contributed by atoms with Crippen LogP contribution in [0.25, 0.3) is 11.0 Å². The molecule has 0 fully saturated rings. The van der Waals surface area contributed by atoms with E-state index >= 15 is 0 Å². The molecule has 0 saturated carbocycles. The average Bonchev–Trinajstić information content (AvgIpc) is 2.85. The molecule has 0 aliphatic rings. The van der Waals surface area contributed by atoms with E-state index in [1.54, 1.807) is 6.07 Å². The molecule has 1 aromatic heterocycles. The highest BCUT2D eigenvalue weighted by atomic mass is 35.5. The molecule has 2 aromatic carbocycles. The fourth-order valence-electron chi connectivity index (χ4n) is 3.62. The number of esters is 1. The zero-order valence-corrected chi connectivity index (χ0v) is 20.7. The molecule has 0 saturated heterocycles. The second-order valence-corrected chi connectivity index (χ2v) is 8.70. The number of fused-ring (bicyclic) bond motifs is 1. The number of nitrogens with one attached hydrogen (secondary N) is 1. The Bertz CT molecular complexity index is 1210. The van der Waals surface area contributed by atoms with Gasteiger partial charge < -0.3 is 19.2 Å². The van der Waals surface area contributed by atoms with Gasteiger partial charge in [0.2, 0.25) is 0 Å². The molecule has 35 heavy (non-hydrogen) atoms. The number of halogens is 1. The minimum atomic E-state index is -0.923. The van der Waals surface area contributed by atoms with E-state index in [0.29, 0.717) is 24.6 Å². The Morgan fingerprint density at radius 3 is 2.51 bits per heavy atom. The number of aryl methyl sites for hydroxylation is 1. The number of hydrogen-bond acceptors (Lipinski definition) is 6. The number of benzene rings is 2. The van der Waals surface area contributed by atoms with E-state index in [4.69, 9.17) is 25.5 Å². The molecule has 7 nitrogen and oxygen atoms in total. The van der Waals surface area contributed by atoms with Crippen molar-refractivity contribution in [3.05, 3.63) is 75.1 Å². The van der Waals surface area contributed by atoms with Gasteiger partial charge >= 0.3 is 17.7 Å². The van der Waals surface area contributed by atoms with Crippen molar-refractivity contribution < 1.29 is 23.5 Å². The van der Waals surface area contributed by atoms with Gasteiger partial charge in [-0.25, -0.2) is 14.4 Å². The van der Waals surface area contributed by atoms with Crippen molar-refractivity contribution in [2.24, 2.45) is 0 Å². The molecule has 0 spiro atoms. The van der Waals surface area contributed by atoms with Crippen LogP contribution in [-0.4, -0.2) is 18.1 Å². The highest BCUT2D eigenvalue weighted by Gasteiger charge is 2.24. The van der Waals surface area contributed by atoms with E-state index in [-0.39, 0.29) is 23.0 Å². The molecule has 3 rings (SSSR count). The lowest BCUT2D eigenvalue weighted by atomic mass is 10.0. The van der Waals surface area contributed by atoms with E-state index in [1.165, 1.54) is 12.1 Å². The molecule has 1 amide bonds. The van der Waals surface area contributed by atoms with Crippen LogP contribution in [0.2, 0.25) is 5.02 Å². The van der Waals surface area contributed by atoms with Crippen LogP contribution in [0.4, 0.5) is 4.79 Å². The maximum atomic E-state index is 12.9. The van der Waals surface area contributed by atoms with Crippen molar-refractivity contribution in [2.75, 3.05) is 0 Å². The Balaban J connectivity index is 1.74. The van der Waals surface area contributed by atoms with Gasteiger partial charge in [-0.1, -0.05) is 75.0 Å². The first-order valence-corrected chi connectivity index (χ1v) is 12.2. The Kier molecular flexibility index (Phi) is 9.73. The number of ether oxygens (including phenoxy) is 2. The second-order valence-electron chi connectivity index (χ2n) is 8.29. The first-order chi connectivity index (χ1) is 16.9. The van der Waals surface area contributed by atoms with Crippen LogP contribution in [0.3, 0.4) is 0 Å². The van der Waals surface area contributed by atoms with E-state index < -0.39 is 23.7 Å². The Labute approximate surface area is 209 Å². The third kappa shape index (κ3) is 7.59. The lowest BCUT2D eigenvalue weighted by Gasteiger charge is -2.18. The molecule has 186 valence electrons. The van der Waals surface area contributed by atoms with Crippen molar-refractivity contribution >= 4 is 34.6 Å². The van der Waals surface area contributed by atoms with Crippen molar-refractivity contribution in [2.45, 2.75) is 65.0 Å². The summed E-state index contributed by atoms with van der Waals surface area (Å²) >= 11 is 6.42. The summed E-state index contributed by atoms with van der Waals surface area (Å²) in [6.07, 6.45) is 3.78. The second kappa shape index (κ2) is 13.0. The first kappa shape index (κ1) is 26.3. The smallest absolute Gasteiger partial charge is 0.408 e. The summed E-state index contributed by atoms with van der Waals surface area (Å²) in [6.45, 7) is 4.13. The fourth-order valence-corrected chi connectivity index (χ4v) is 3.83. The highest BCUT2D eigenvalue weighted by molar-refractivity contribution is 6.33. The predicted molar refractivity (Wildman–Crippen MR) is 135 cm³/mol. The summed E-state index contributed by atoms with van der Waals surface area (Å²) in [5, 5.41) is 3.50. The third-order valence-corrected chi connectivity index (χ3v) is 5.82. The standard InChI is InChI=1S/C27H30ClNO6/c1-3-5-12-19-14-25(30)34-23-16-24(21(28)15-20(19)23)35-26(31)22(13-6-4-2)29-27(32)33-17-18-10-8-7-9-11-18/h7-11,14-16,22H,3-6,12-13,17H2,1-2H3,(H,29,32)/t22-/m0/s1. The lowest BCUT2D eigenvalue weighted by molar-refractivity contribution is -0.136. The molecular formula is C27H30ClNO6. The van der Waals surface area contributed by atoms with Crippen LogP contribution >= 0.6 is 11.6 Å². The van der Waals surface area contributed by atoms with Crippen LogP contribution in [0, 0.1) is 0 Å². The van der Waals surface area contributed by atoms with E-state index in [2.05, 4.69) is 12.2 Å². The summed E-state index contributed by atoms with van der Waals surface area (Å²) in [5.41, 5.74) is 1.47.